The minimum Gasteiger partial charge on any atom is -0.401 e. The SMILES string of the molecule is C=C[CH]NCC(=C)N. The molecule has 8 heavy (non-hydrogen) atoms. The molecule has 0 rings (SSSR count). The Balaban J connectivity index is 2.93. The van der Waals surface area contributed by atoms with E-state index >= 15 is 0 Å². The molecule has 2 heteroatoms. The van der Waals surface area contributed by atoms with Gasteiger partial charge in [0, 0.05) is 18.8 Å². The van der Waals surface area contributed by atoms with E-state index in [2.05, 4.69) is 18.5 Å². The molecule has 0 aromatic heterocycles. The summed E-state index contributed by atoms with van der Waals surface area (Å²) in [5, 5.41) is 2.87. The molecule has 0 spiro atoms. The molecule has 0 heterocycles. The standard InChI is InChI=1S/C6H11N2/c1-3-4-8-5-6(2)7/h3-4,8H,1-2,5,7H2. The molecule has 0 aliphatic heterocycles. The van der Waals surface area contributed by atoms with E-state index in [0.717, 1.165) is 0 Å². The first-order valence-electron chi connectivity index (χ1n) is 2.38. The van der Waals surface area contributed by atoms with E-state index in [0.29, 0.717) is 12.2 Å². The van der Waals surface area contributed by atoms with Crippen molar-refractivity contribution in [2.75, 3.05) is 6.54 Å². The average Bonchev–Trinajstić information content (AvgIpc) is 1.66. The number of nitrogens with one attached hydrogen (secondary N) is 1. The number of hydrogen-bond donors (Lipinski definition) is 2. The molecule has 0 aliphatic carbocycles. The van der Waals surface area contributed by atoms with Crippen molar-refractivity contribution in [3.63, 3.8) is 0 Å². The van der Waals surface area contributed by atoms with Crippen LogP contribution in [0.3, 0.4) is 0 Å². The summed E-state index contributed by atoms with van der Waals surface area (Å²) in [7, 11) is 0. The Morgan fingerprint density at radius 2 is 2.38 bits per heavy atom. The highest BCUT2D eigenvalue weighted by molar-refractivity contribution is 4.93. The third-order valence-corrected chi connectivity index (χ3v) is 0.565. The van der Waals surface area contributed by atoms with E-state index in [1.54, 1.807) is 12.6 Å². The summed E-state index contributed by atoms with van der Waals surface area (Å²) in [4.78, 5) is 0. The minimum atomic E-state index is 0.617. The zero-order valence-electron chi connectivity index (χ0n) is 4.85. The van der Waals surface area contributed by atoms with E-state index < -0.39 is 0 Å². The van der Waals surface area contributed by atoms with E-state index in [1.807, 2.05) is 0 Å². The van der Waals surface area contributed by atoms with E-state index in [4.69, 9.17) is 5.73 Å². The quantitative estimate of drug-likeness (QED) is 0.515. The number of rotatable bonds is 4. The molecule has 0 saturated carbocycles. The largest absolute Gasteiger partial charge is 0.401 e. The van der Waals surface area contributed by atoms with E-state index in [9.17, 15) is 0 Å². The molecule has 1 radical (unpaired) electrons. The molecular formula is C6H11N2. The van der Waals surface area contributed by atoms with Crippen LogP contribution >= 0.6 is 0 Å². The molecule has 0 fully saturated rings. The fourth-order valence-corrected chi connectivity index (χ4v) is 0.273. The van der Waals surface area contributed by atoms with Gasteiger partial charge in [-0.1, -0.05) is 12.7 Å². The zero-order valence-corrected chi connectivity index (χ0v) is 4.85. The lowest BCUT2D eigenvalue weighted by molar-refractivity contribution is 0.884. The highest BCUT2D eigenvalue weighted by Crippen LogP contribution is 1.73. The molecule has 0 aliphatic rings. The first kappa shape index (κ1) is 7.24. The van der Waals surface area contributed by atoms with Crippen LogP contribution in [0.5, 0.6) is 0 Å². The van der Waals surface area contributed by atoms with Crippen molar-refractivity contribution in [2.45, 2.75) is 0 Å². The van der Waals surface area contributed by atoms with E-state index in [1.165, 1.54) is 0 Å². The molecule has 0 bridgehead atoms. The lowest BCUT2D eigenvalue weighted by atomic mass is 10.5. The lowest BCUT2D eigenvalue weighted by Crippen LogP contribution is -2.16. The van der Waals surface area contributed by atoms with Gasteiger partial charge < -0.3 is 11.1 Å². The van der Waals surface area contributed by atoms with E-state index in [-0.39, 0.29) is 0 Å². The van der Waals surface area contributed by atoms with Gasteiger partial charge in [0.15, 0.2) is 0 Å². The Morgan fingerprint density at radius 3 is 2.75 bits per heavy atom. The third-order valence-electron chi connectivity index (χ3n) is 0.565. The molecule has 3 N–H and O–H groups in total. The molecule has 0 aromatic rings. The summed E-state index contributed by atoms with van der Waals surface area (Å²) >= 11 is 0. The van der Waals surface area contributed by atoms with Crippen LogP contribution in [0.4, 0.5) is 0 Å². The molecule has 0 unspecified atom stereocenters. The van der Waals surface area contributed by atoms with Crippen molar-refractivity contribution >= 4 is 0 Å². The summed E-state index contributed by atoms with van der Waals surface area (Å²) in [6, 6.07) is 0. The number of nitrogens with two attached hydrogens (primary N) is 1. The van der Waals surface area contributed by atoms with Crippen LogP contribution in [0.25, 0.3) is 0 Å². The lowest BCUT2D eigenvalue weighted by Gasteiger charge is -1.96. The fourth-order valence-electron chi connectivity index (χ4n) is 0.273. The van der Waals surface area contributed by atoms with Crippen molar-refractivity contribution in [3.05, 3.63) is 31.5 Å². The van der Waals surface area contributed by atoms with Crippen LogP contribution in [0.15, 0.2) is 24.9 Å². The van der Waals surface area contributed by atoms with Crippen molar-refractivity contribution < 1.29 is 0 Å². The third kappa shape index (κ3) is 5.24. The van der Waals surface area contributed by atoms with Crippen LogP contribution in [0.1, 0.15) is 0 Å². The van der Waals surface area contributed by atoms with Gasteiger partial charge in [0.05, 0.1) is 0 Å². The Hall–Kier alpha value is -0.760. The number of hydrogen-bond acceptors (Lipinski definition) is 2. The minimum absolute atomic E-state index is 0.617. The van der Waals surface area contributed by atoms with Gasteiger partial charge in [0.25, 0.3) is 0 Å². The summed E-state index contributed by atoms with van der Waals surface area (Å²) in [5.74, 6) is 0. The van der Waals surface area contributed by atoms with Gasteiger partial charge in [0.2, 0.25) is 0 Å². The molecule has 0 amide bonds. The van der Waals surface area contributed by atoms with Crippen LogP contribution < -0.4 is 11.1 Å². The molecule has 0 saturated heterocycles. The van der Waals surface area contributed by atoms with Crippen molar-refractivity contribution in [3.8, 4) is 0 Å². The Kier molecular flexibility index (Phi) is 3.98. The van der Waals surface area contributed by atoms with Crippen LogP contribution in [-0.2, 0) is 0 Å². The molecule has 0 aromatic carbocycles. The Morgan fingerprint density at radius 1 is 1.75 bits per heavy atom. The van der Waals surface area contributed by atoms with Crippen LogP contribution in [0.2, 0.25) is 0 Å². The second-order valence-electron chi connectivity index (χ2n) is 1.44. The summed E-state index contributed by atoms with van der Waals surface area (Å²) in [6.07, 6.45) is 1.66. The molecule has 45 valence electrons. The zero-order chi connectivity index (χ0) is 6.41. The average molecular weight is 111 g/mol. The second kappa shape index (κ2) is 4.40. The summed E-state index contributed by atoms with van der Waals surface area (Å²) in [5.41, 5.74) is 5.85. The highest BCUT2D eigenvalue weighted by atomic mass is 14.9. The van der Waals surface area contributed by atoms with Gasteiger partial charge in [-0.15, -0.1) is 6.58 Å². The molecular weight excluding hydrogens is 100 g/mol. The second-order valence-corrected chi connectivity index (χ2v) is 1.44. The maximum atomic E-state index is 5.22. The summed E-state index contributed by atoms with van der Waals surface area (Å²) in [6.45, 7) is 9.29. The first-order chi connectivity index (χ1) is 3.77. The van der Waals surface area contributed by atoms with Crippen LogP contribution in [0, 0.1) is 6.54 Å². The van der Waals surface area contributed by atoms with Gasteiger partial charge in [-0.3, -0.25) is 0 Å². The highest BCUT2D eigenvalue weighted by Gasteiger charge is 1.80. The monoisotopic (exact) mass is 111 g/mol. The van der Waals surface area contributed by atoms with Crippen molar-refractivity contribution in [1.29, 1.82) is 0 Å². The van der Waals surface area contributed by atoms with Gasteiger partial charge in [-0.2, -0.15) is 0 Å². The topological polar surface area (TPSA) is 38.0 Å². The Labute approximate surface area is 50.1 Å². The smallest absolute Gasteiger partial charge is 0.0442 e. The summed E-state index contributed by atoms with van der Waals surface area (Å²) < 4.78 is 0. The first-order valence-corrected chi connectivity index (χ1v) is 2.38. The maximum Gasteiger partial charge on any atom is 0.0442 e. The predicted molar refractivity (Wildman–Crippen MR) is 35.8 cm³/mol. The van der Waals surface area contributed by atoms with Gasteiger partial charge in [-0.05, 0) is 0 Å². The molecule has 0 atom stereocenters. The fraction of sp³-hybridized carbons (Fsp3) is 0.167. The van der Waals surface area contributed by atoms with Crippen molar-refractivity contribution in [1.82, 2.24) is 5.32 Å². The van der Waals surface area contributed by atoms with Crippen molar-refractivity contribution in [2.24, 2.45) is 5.73 Å². The van der Waals surface area contributed by atoms with Gasteiger partial charge in [-0.25, -0.2) is 0 Å². The maximum absolute atomic E-state index is 5.22. The van der Waals surface area contributed by atoms with Gasteiger partial charge in [0.1, 0.15) is 0 Å². The normalized spacial score (nSPS) is 8.50. The van der Waals surface area contributed by atoms with Crippen LogP contribution in [-0.4, -0.2) is 6.54 Å². The predicted octanol–water partition coefficient (Wildman–Crippen LogP) is 0.396. The van der Waals surface area contributed by atoms with Gasteiger partial charge >= 0.3 is 0 Å². The molecule has 2 nitrogen and oxygen atoms in total. The Bertz CT molecular complexity index is 86.5.